The fraction of sp³-hybridized carbons (Fsp3) is 0.231. The number of aromatic nitrogens is 3. The quantitative estimate of drug-likeness (QED) is 0.253. The van der Waals surface area contributed by atoms with E-state index in [9.17, 15) is 18.0 Å². The van der Waals surface area contributed by atoms with Crippen molar-refractivity contribution in [3.63, 3.8) is 0 Å². The Balaban J connectivity index is 1.62. The van der Waals surface area contributed by atoms with Crippen molar-refractivity contribution in [2.75, 3.05) is 37.7 Å². The SMILES string of the molecule is CNC(=O)COc1cc2cc(Nc3nc(NCc4cccc(S(C)(=O)=O)c4)ncc3Cl)cc(OC)c2n(C)c1=O. The first-order valence-corrected chi connectivity index (χ1v) is 14.1. The summed E-state index contributed by atoms with van der Waals surface area (Å²) in [6, 6.07) is 11.6. The molecule has 3 N–H and O–H groups in total. The van der Waals surface area contributed by atoms with E-state index in [0.717, 1.165) is 11.8 Å². The lowest BCUT2D eigenvalue weighted by Gasteiger charge is -2.16. The van der Waals surface area contributed by atoms with E-state index in [1.54, 1.807) is 37.4 Å². The molecule has 4 aromatic rings. The standard InChI is InChI=1S/C26H27ClN6O6S/c1-28-22(34)14-39-21-10-16-9-17(11-20(38-3)23(16)33(2)25(21)35)31-24-19(27)13-30-26(32-24)29-12-15-6-5-7-18(8-15)40(4,36)37/h5-11,13H,12,14H2,1-4H3,(H,28,34)(H2,29,30,31,32). The molecular formula is C26H27ClN6O6S. The van der Waals surface area contributed by atoms with Crippen molar-refractivity contribution < 1.29 is 22.7 Å². The van der Waals surface area contributed by atoms with Crippen LogP contribution in [0.3, 0.4) is 0 Å². The molecule has 0 atom stereocenters. The highest BCUT2D eigenvalue weighted by Crippen LogP contribution is 2.33. The number of fused-ring (bicyclic) bond motifs is 1. The van der Waals surface area contributed by atoms with E-state index in [1.807, 2.05) is 0 Å². The lowest BCUT2D eigenvalue weighted by Crippen LogP contribution is -2.27. The lowest BCUT2D eigenvalue weighted by atomic mass is 10.1. The van der Waals surface area contributed by atoms with E-state index in [4.69, 9.17) is 21.1 Å². The van der Waals surface area contributed by atoms with E-state index in [1.165, 1.54) is 37.1 Å². The van der Waals surface area contributed by atoms with Gasteiger partial charge in [-0.1, -0.05) is 23.7 Å². The summed E-state index contributed by atoms with van der Waals surface area (Å²) >= 11 is 6.37. The molecule has 12 nitrogen and oxygen atoms in total. The van der Waals surface area contributed by atoms with Gasteiger partial charge in [0.25, 0.3) is 11.5 Å². The van der Waals surface area contributed by atoms with Crippen LogP contribution in [-0.2, 0) is 28.2 Å². The van der Waals surface area contributed by atoms with Crippen molar-refractivity contribution in [2.24, 2.45) is 7.05 Å². The number of ether oxygens (including phenoxy) is 2. The fourth-order valence-electron chi connectivity index (χ4n) is 3.86. The summed E-state index contributed by atoms with van der Waals surface area (Å²) in [5.41, 5.74) is 1.38. The minimum absolute atomic E-state index is 0.00398. The highest BCUT2D eigenvalue weighted by Gasteiger charge is 2.16. The number of hydrogen-bond donors (Lipinski definition) is 3. The van der Waals surface area contributed by atoms with E-state index in [0.29, 0.717) is 28.2 Å². The van der Waals surface area contributed by atoms with Gasteiger partial charge in [0.1, 0.15) is 10.8 Å². The Morgan fingerprint density at radius 1 is 1.15 bits per heavy atom. The first kappa shape index (κ1) is 28.6. The van der Waals surface area contributed by atoms with E-state index < -0.39 is 15.4 Å². The Labute approximate surface area is 235 Å². The number of rotatable bonds is 10. The number of methoxy groups -OCH3 is 1. The lowest BCUT2D eigenvalue weighted by molar-refractivity contribution is -0.122. The maximum absolute atomic E-state index is 12.8. The molecule has 0 spiro atoms. The summed E-state index contributed by atoms with van der Waals surface area (Å²) in [5.74, 6) is 0.597. The maximum Gasteiger partial charge on any atom is 0.293 e. The van der Waals surface area contributed by atoms with Crippen molar-refractivity contribution in [3.8, 4) is 11.5 Å². The highest BCUT2D eigenvalue weighted by molar-refractivity contribution is 7.90. The smallest absolute Gasteiger partial charge is 0.293 e. The number of hydrogen-bond acceptors (Lipinski definition) is 10. The van der Waals surface area contributed by atoms with Crippen LogP contribution >= 0.6 is 11.6 Å². The molecule has 2 aromatic heterocycles. The van der Waals surface area contributed by atoms with Gasteiger partial charge in [-0.2, -0.15) is 4.98 Å². The summed E-state index contributed by atoms with van der Waals surface area (Å²) in [7, 11) is 1.21. The van der Waals surface area contributed by atoms with Gasteiger partial charge in [0.05, 0.1) is 23.7 Å². The zero-order valence-corrected chi connectivity index (χ0v) is 23.7. The van der Waals surface area contributed by atoms with Crippen LogP contribution in [0.4, 0.5) is 17.5 Å². The van der Waals surface area contributed by atoms with E-state index in [2.05, 4.69) is 25.9 Å². The highest BCUT2D eigenvalue weighted by atomic mass is 35.5. The Kier molecular flexibility index (Phi) is 8.45. The third-order valence-corrected chi connectivity index (χ3v) is 7.27. The zero-order chi connectivity index (χ0) is 29.0. The van der Waals surface area contributed by atoms with Gasteiger partial charge < -0.3 is 30.0 Å². The van der Waals surface area contributed by atoms with E-state index in [-0.39, 0.29) is 40.7 Å². The molecule has 0 aliphatic rings. The number of benzene rings is 2. The number of carbonyl (C=O) groups is 1. The van der Waals surface area contributed by atoms with Gasteiger partial charge >= 0.3 is 0 Å². The first-order chi connectivity index (χ1) is 19.0. The molecule has 0 aliphatic heterocycles. The van der Waals surface area contributed by atoms with Crippen molar-refractivity contribution in [2.45, 2.75) is 11.4 Å². The van der Waals surface area contributed by atoms with Gasteiger partial charge in [-0.05, 0) is 29.8 Å². The normalized spacial score (nSPS) is 11.2. The number of carbonyl (C=O) groups excluding carboxylic acids is 1. The molecule has 210 valence electrons. The molecule has 0 saturated heterocycles. The monoisotopic (exact) mass is 586 g/mol. The summed E-state index contributed by atoms with van der Waals surface area (Å²) in [6.07, 6.45) is 2.58. The number of pyridine rings is 1. The van der Waals surface area contributed by atoms with Crippen molar-refractivity contribution in [1.29, 1.82) is 0 Å². The minimum atomic E-state index is -3.33. The zero-order valence-electron chi connectivity index (χ0n) is 22.1. The van der Waals surface area contributed by atoms with Crippen molar-refractivity contribution in [3.05, 3.63) is 69.6 Å². The molecule has 2 heterocycles. The average Bonchev–Trinajstić information content (AvgIpc) is 2.93. The number of anilines is 3. The van der Waals surface area contributed by atoms with Crippen LogP contribution in [0, 0.1) is 0 Å². The van der Waals surface area contributed by atoms with E-state index >= 15 is 0 Å². The second kappa shape index (κ2) is 11.8. The summed E-state index contributed by atoms with van der Waals surface area (Å²) in [4.78, 5) is 33.3. The number of likely N-dealkylation sites (N-methyl/N-ethyl adjacent to an activating group) is 1. The minimum Gasteiger partial charge on any atom is -0.494 e. The Hall–Kier alpha value is -4.36. The fourth-order valence-corrected chi connectivity index (χ4v) is 4.69. The Bertz CT molecular complexity index is 1760. The van der Waals surface area contributed by atoms with Gasteiger partial charge in [-0.3, -0.25) is 9.59 Å². The molecule has 0 fully saturated rings. The molecule has 2 aromatic carbocycles. The molecule has 0 unspecified atom stereocenters. The molecule has 0 radical (unpaired) electrons. The van der Waals surface area contributed by atoms with Gasteiger partial charge in [0.15, 0.2) is 28.0 Å². The van der Waals surface area contributed by atoms with Crippen LogP contribution in [-0.4, -0.2) is 55.9 Å². The van der Waals surface area contributed by atoms with Crippen LogP contribution in [0.1, 0.15) is 5.56 Å². The number of sulfone groups is 1. The Morgan fingerprint density at radius 2 is 1.93 bits per heavy atom. The molecule has 0 saturated carbocycles. The predicted octanol–water partition coefficient (Wildman–Crippen LogP) is 2.87. The Morgan fingerprint density at radius 3 is 2.62 bits per heavy atom. The van der Waals surface area contributed by atoms with Crippen LogP contribution < -0.4 is 31.0 Å². The molecule has 40 heavy (non-hydrogen) atoms. The number of nitrogens with zero attached hydrogens (tertiary/aromatic N) is 3. The molecule has 1 amide bonds. The molecule has 0 bridgehead atoms. The van der Waals surface area contributed by atoms with Crippen LogP contribution in [0.25, 0.3) is 10.9 Å². The van der Waals surface area contributed by atoms with Crippen LogP contribution in [0.15, 0.2) is 58.4 Å². The van der Waals surface area contributed by atoms with Gasteiger partial charge in [0, 0.05) is 44.0 Å². The number of aryl methyl sites for hydroxylation is 1. The third-order valence-electron chi connectivity index (χ3n) is 5.88. The van der Waals surface area contributed by atoms with Crippen LogP contribution in [0.2, 0.25) is 5.02 Å². The number of halogens is 1. The third kappa shape index (κ3) is 6.43. The average molecular weight is 587 g/mol. The maximum atomic E-state index is 12.8. The van der Waals surface area contributed by atoms with Crippen molar-refractivity contribution in [1.82, 2.24) is 19.9 Å². The molecule has 0 aliphatic carbocycles. The topological polar surface area (TPSA) is 154 Å². The predicted molar refractivity (Wildman–Crippen MR) is 153 cm³/mol. The summed E-state index contributed by atoms with van der Waals surface area (Å²) < 4.78 is 36.1. The first-order valence-electron chi connectivity index (χ1n) is 11.9. The van der Waals surface area contributed by atoms with Gasteiger partial charge in [-0.15, -0.1) is 0 Å². The number of nitrogens with one attached hydrogen (secondary N) is 3. The van der Waals surface area contributed by atoms with Gasteiger partial charge in [0.2, 0.25) is 5.95 Å². The second-order valence-electron chi connectivity index (χ2n) is 8.74. The largest absolute Gasteiger partial charge is 0.494 e. The number of amides is 1. The van der Waals surface area contributed by atoms with Gasteiger partial charge in [-0.25, -0.2) is 13.4 Å². The van der Waals surface area contributed by atoms with Crippen molar-refractivity contribution >= 4 is 55.7 Å². The molecule has 14 heteroatoms. The summed E-state index contributed by atoms with van der Waals surface area (Å²) in [5, 5.41) is 9.50. The molecule has 4 rings (SSSR count). The van der Waals surface area contributed by atoms with Crippen LogP contribution in [0.5, 0.6) is 11.5 Å². The molecular weight excluding hydrogens is 560 g/mol. The summed E-state index contributed by atoms with van der Waals surface area (Å²) in [6.45, 7) is -0.0295. The second-order valence-corrected chi connectivity index (χ2v) is 11.2.